The van der Waals surface area contributed by atoms with Gasteiger partial charge in [-0.2, -0.15) is 0 Å². The zero-order valence-corrected chi connectivity index (χ0v) is 9.83. The molecule has 0 spiro atoms. The van der Waals surface area contributed by atoms with E-state index < -0.39 is 0 Å². The van der Waals surface area contributed by atoms with Crippen molar-refractivity contribution in [3.63, 3.8) is 0 Å². The molecule has 2 atom stereocenters. The molecule has 2 unspecified atom stereocenters. The Morgan fingerprint density at radius 1 is 1.33 bits per heavy atom. The molecule has 2 heteroatoms. The highest BCUT2D eigenvalue weighted by molar-refractivity contribution is 5.22. The molecule has 0 aliphatic rings. The largest absolute Gasteiger partial charge is 0.392 e. The Balaban J connectivity index is 2.32. The van der Waals surface area contributed by atoms with Crippen molar-refractivity contribution in [1.82, 2.24) is 5.32 Å². The summed E-state index contributed by atoms with van der Waals surface area (Å²) in [4.78, 5) is 0. The normalized spacial score (nSPS) is 14.9. The van der Waals surface area contributed by atoms with E-state index >= 15 is 0 Å². The van der Waals surface area contributed by atoms with Crippen LogP contribution in [0.1, 0.15) is 25.0 Å². The van der Waals surface area contributed by atoms with Gasteiger partial charge in [0.15, 0.2) is 0 Å². The Kier molecular flexibility index (Phi) is 4.79. The summed E-state index contributed by atoms with van der Waals surface area (Å²) < 4.78 is 0. The second-order valence-corrected chi connectivity index (χ2v) is 4.22. The highest BCUT2D eigenvalue weighted by Gasteiger charge is 2.06. The maximum absolute atomic E-state index is 9.30. The van der Waals surface area contributed by atoms with Crippen LogP contribution in [0.25, 0.3) is 0 Å². The quantitative estimate of drug-likeness (QED) is 0.773. The van der Waals surface area contributed by atoms with Crippen LogP contribution < -0.4 is 5.32 Å². The predicted molar refractivity (Wildman–Crippen MR) is 64.0 cm³/mol. The van der Waals surface area contributed by atoms with E-state index in [1.54, 1.807) is 0 Å². The number of benzene rings is 1. The standard InChI is InChI=1S/C13H21NO/c1-10-5-4-6-13(9-10)7-8-14-11(2)12(3)15/h4-6,9,11-12,14-15H,7-8H2,1-3H3. The van der Waals surface area contributed by atoms with Crippen molar-refractivity contribution >= 4 is 0 Å². The number of hydrogen-bond acceptors (Lipinski definition) is 2. The number of aliphatic hydroxyl groups is 1. The lowest BCUT2D eigenvalue weighted by atomic mass is 10.1. The average molecular weight is 207 g/mol. The van der Waals surface area contributed by atoms with Gasteiger partial charge in [0.25, 0.3) is 0 Å². The van der Waals surface area contributed by atoms with Crippen LogP contribution in [-0.4, -0.2) is 23.8 Å². The van der Waals surface area contributed by atoms with E-state index in [1.165, 1.54) is 11.1 Å². The molecule has 2 N–H and O–H groups in total. The monoisotopic (exact) mass is 207 g/mol. The maximum atomic E-state index is 9.30. The summed E-state index contributed by atoms with van der Waals surface area (Å²) >= 11 is 0. The van der Waals surface area contributed by atoms with Gasteiger partial charge in [0, 0.05) is 6.04 Å². The van der Waals surface area contributed by atoms with Gasteiger partial charge in [-0.25, -0.2) is 0 Å². The van der Waals surface area contributed by atoms with Crippen LogP contribution in [0.3, 0.4) is 0 Å². The first-order valence-corrected chi connectivity index (χ1v) is 5.56. The fourth-order valence-electron chi connectivity index (χ4n) is 1.48. The van der Waals surface area contributed by atoms with Crippen LogP contribution in [-0.2, 0) is 6.42 Å². The van der Waals surface area contributed by atoms with E-state index in [0.29, 0.717) is 0 Å². The third-order valence-electron chi connectivity index (χ3n) is 2.69. The van der Waals surface area contributed by atoms with Gasteiger partial charge < -0.3 is 10.4 Å². The Bertz CT molecular complexity index is 296. The smallest absolute Gasteiger partial charge is 0.0662 e. The van der Waals surface area contributed by atoms with Crippen molar-refractivity contribution in [3.05, 3.63) is 35.4 Å². The van der Waals surface area contributed by atoms with Crippen molar-refractivity contribution in [2.75, 3.05) is 6.54 Å². The summed E-state index contributed by atoms with van der Waals surface area (Å²) in [6.45, 7) is 6.83. The van der Waals surface area contributed by atoms with Crippen LogP contribution in [0, 0.1) is 6.92 Å². The highest BCUT2D eigenvalue weighted by atomic mass is 16.3. The van der Waals surface area contributed by atoms with Crippen molar-refractivity contribution in [1.29, 1.82) is 0 Å². The SMILES string of the molecule is Cc1cccc(CCNC(C)C(C)O)c1. The molecule has 15 heavy (non-hydrogen) atoms. The summed E-state index contributed by atoms with van der Waals surface area (Å²) in [6.07, 6.45) is 0.723. The third-order valence-corrected chi connectivity index (χ3v) is 2.69. The number of aliphatic hydroxyl groups excluding tert-OH is 1. The fourth-order valence-corrected chi connectivity index (χ4v) is 1.48. The zero-order chi connectivity index (χ0) is 11.3. The molecule has 84 valence electrons. The first-order chi connectivity index (χ1) is 7.09. The molecule has 0 saturated heterocycles. The van der Waals surface area contributed by atoms with Gasteiger partial charge in [-0.1, -0.05) is 29.8 Å². The van der Waals surface area contributed by atoms with E-state index in [9.17, 15) is 5.11 Å². The van der Waals surface area contributed by atoms with Crippen LogP contribution in [0.5, 0.6) is 0 Å². The van der Waals surface area contributed by atoms with Gasteiger partial charge in [0.1, 0.15) is 0 Å². The molecule has 1 aromatic carbocycles. The molecule has 1 aromatic rings. The first kappa shape index (κ1) is 12.2. The van der Waals surface area contributed by atoms with E-state index in [1.807, 2.05) is 13.8 Å². The molecular formula is C13H21NO. The van der Waals surface area contributed by atoms with E-state index in [4.69, 9.17) is 0 Å². The minimum Gasteiger partial charge on any atom is -0.392 e. The molecule has 0 fully saturated rings. The van der Waals surface area contributed by atoms with Crippen LogP contribution >= 0.6 is 0 Å². The van der Waals surface area contributed by atoms with Crippen molar-refractivity contribution in [2.45, 2.75) is 39.3 Å². The minimum atomic E-state index is -0.289. The molecular weight excluding hydrogens is 186 g/mol. The third kappa shape index (κ3) is 4.45. The Morgan fingerprint density at radius 2 is 2.07 bits per heavy atom. The molecule has 0 saturated carbocycles. The number of rotatable bonds is 5. The Morgan fingerprint density at radius 3 is 2.67 bits per heavy atom. The highest BCUT2D eigenvalue weighted by Crippen LogP contribution is 2.04. The van der Waals surface area contributed by atoms with E-state index in [0.717, 1.165) is 13.0 Å². The lowest BCUT2D eigenvalue weighted by Crippen LogP contribution is -2.36. The predicted octanol–water partition coefficient (Wildman–Crippen LogP) is 1.90. The number of nitrogens with one attached hydrogen (secondary N) is 1. The van der Waals surface area contributed by atoms with E-state index in [2.05, 4.69) is 36.5 Å². The molecule has 0 heterocycles. The second-order valence-electron chi connectivity index (χ2n) is 4.22. The lowest BCUT2D eigenvalue weighted by molar-refractivity contribution is 0.153. The molecule has 0 amide bonds. The summed E-state index contributed by atoms with van der Waals surface area (Å²) in [5, 5.41) is 12.6. The summed E-state index contributed by atoms with van der Waals surface area (Å²) in [5.74, 6) is 0. The second kappa shape index (κ2) is 5.89. The molecule has 1 rings (SSSR count). The molecule has 0 aliphatic heterocycles. The van der Waals surface area contributed by atoms with Crippen LogP contribution in [0.2, 0.25) is 0 Å². The number of hydrogen-bond donors (Lipinski definition) is 2. The van der Waals surface area contributed by atoms with Crippen molar-refractivity contribution in [2.24, 2.45) is 0 Å². The van der Waals surface area contributed by atoms with Gasteiger partial charge in [-0.15, -0.1) is 0 Å². The molecule has 0 radical (unpaired) electrons. The summed E-state index contributed by atoms with van der Waals surface area (Å²) in [5.41, 5.74) is 2.65. The van der Waals surface area contributed by atoms with E-state index in [-0.39, 0.29) is 12.1 Å². The van der Waals surface area contributed by atoms with Gasteiger partial charge in [0.2, 0.25) is 0 Å². The van der Waals surface area contributed by atoms with Crippen LogP contribution in [0.15, 0.2) is 24.3 Å². The van der Waals surface area contributed by atoms with Crippen LogP contribution in [0.4, 0.5) is 0 Å². The number of aryl methyl sites for hydroxylation is 1. The lowest BCUT2D eigenvalue weighted by Gasteiger charge is -2.16. The molecule has 2 nitrogen and oxygen atoms in total. The zero-order valence-electron chi connectivity index (χ0n) is 9.83. The van der Waals surface area contributed by atoms with Gasteiger partial charge in [-0.05, 0) is 39.3 Å². The summed E-state index contributed by atoms with van der Waals surface area (Å²) in [6, 6.07) is 8.70. The maximum Gasteiger partial charge on any atom is 0.0662 e. The summed E-state index contributed by atoms with van der Waals surface area (Å²) in [7, 11) is 0. The first-order valence-electron chi connectivity index (χ1n) is 5.56. The van der Waals surface area contributed by atoms with Crippen molar-refractivity contribution < 1.29 is 5.11 Å². The van der Waals surface area contributed by atoms with Gasteiger partial charge >= 0.3 is 0 Å². The van der Waals surface area contributed by atoms with Crippen molar-refractivity contribution in [3.8, 4) is 0 Å². The fraction of sp³-hybridized carbons (Fsp3) is 0.538. The average Bonchev–Trinajstić information content (AvgIpc) is 2.17. The molecule has 0 aliphatic carbocycles. The van der Waals surface area contributed by atoms with Gasteiger partial charge in [0.05, 0.1) is 6.10 Å². The minimum absolute atomic E-state index is 0.162. The Hall–Kier alpha value is -0.860. The Labute approximate surface area is 92.3 Å². The van der Waals surface area contributed by atoms with Gasteiger partial charge in [-0.3, -0.25) is 0 Å². The molecule has 0 bridgehead atoms. The molecule has 0 aromatic heterocycles. The topological polar surface area (TPSA) is 32.3 Å².